The van der Waals surface area contributed by atoms with Crippen molar-refractivity contribution in [2.45, 2.75) is 26.8 Å². The average molecular weight is 203 g/mol. The molecule has 0 aliphatic heterocycles. The molecular formula is C13H17NO. The maximum atomic E-state index is 5.59. The molecule has 1 rings (SSSR count). The van der Waals surface area contributed by atoms with Crippen LogP contribution in [0, 0.1) is 25.7 Å². The number of rotatable bonds is 1. The van der Waals surface area contributed by atoms with Gasteiger partial charge in [-0.25, -0.2) is 0 Å². The van der Waals surface area contributed by atoms with E-state index in [1.54, 1.807) is 7.11 Å². The molecule has 2 nitrogen and oxygen atoms in total. The van der Waals surface area contributed by atoms with Gasteiger partial charge in [-0.3, -0.25) is 0 Å². The zero-order valence-electron chi connectivity index (χ0n) is 9.72. The first-order valence-corrected chi connectivity index (χ1v) is 4.97. The van der Waals surface area contributed by atoms with Crippen molar-refractivity contribution in [3.63, 3.8) is 0 Å². The lowest BCUT2D eigenvalue weighted by molar-refractivity contribution is 0.410. The van der Waals surface area contributed by atoms with Crippen LogP contribution in [0.3, 0.4) is 0 Å². The Morgan fingerprint density at radius 3 is 2.53 bits per heavy atom. The minimum absolute atomic E-state index is 0.115. The Morgan fingerprint density at radius 1 is 1.33 bits per heavy atom. The van der Waals surface area contributed by atoms with Gasteiger partial charge in [-0.2, -0.15) is 0 Å². The lowest BCUT2D eigenvalue weighted by Gasteiger charge is -2.09. The van der Waals surface area contributed by atoms with Crippen LogP contribution in [-0.2, 0) is 0 Å². The first-order chi connectivity index (χ1) is 7.06. The molecule has 0 bridgehead atoms. The fraction of sp³-hybridized carbons (Fsp3) is 0.385. The average Bonchev–Trinajstić information content (AvgIpc) is 2.19. The monoisotopic (exact) mass is 203 g/mol. The zero-order chi connectivity index (χ0) is 11.4. The third-order valence-corrected chi connectivity index (χ3v) is 2.32. The molecule has 2 N–H and O–H groups in total. The fourth-order valence-electron chi connectivity index (χ4n) is 1.34. The first kappa shape index (κ1) is 11.6. The third-order valence-electron chi connectivity index (χ3n) is 2.32. The molecule has 0 radical (unpaired) electrons. The van der Waals surface area contributed by atoms with Crippen LogP contribution in [0.2, 0.25) is 0 Å². The molecule has 15 heavy (non-hydrogen) atoms. The molecule has 1 atom stereocenters. The summed E-state index contributed by atoms with van der Waals surface area (Å²) in [5.41, 5.74) is 8.83. The van der Waals surface area contributed by atoms with Gasteiger partial charge in [0.05, 0.1) is 18.7 Å². The van der Waals surface area contributed by atoms with Gasteiger partial charge in [-0.1, -0.05) is 17.9 Å². The van der Waals surface area contributed by atoms with E-state index in [4.69, 9.17) is 10.5 Å². The maximum absolute atomic E-state index is 5.59. The van der Waals surface area contributed by atoms with E-state index in [1.807, 2.05) is 26.0 Å². The van der Waals surface area contributed by atoms with E-state index in [0.29, 0.717) is 0 Å². The zero-order valence-corrected chi connectivity index (χ0v) is 9.72. The number of nitrogens with two attached hydrogens (primary N) is 1. The third kappa shape index (κ3) is 2.74. The SMILES string of the molecule is COc1c(C#CC(C)N)ccc(C)c1C. The highest BCUT2D eigenvalue weighted by Gasteiger charge is 2.05. The van der Waals surface area contributed by atoms with Crippen LogP contribution in [0.5, 0.6) is 5.75 Å². The molecule has 1 aromatic carbocycles. The number of methoxy groups -OCH3 is 1. The van der Waals surface area contributed by atoms with Crippen LogP contribution in [0.1, 0.15) is 23.6 Å². The molecule has 0 spiro atoms. The molecule has 0 fully saturated rings. The Balaban J connectivity index is 3.21. The van der Waals surface area contributed by atoms with Crippen molar-refractivity contribution >= 4 is 0 Å². The predicted molar refractivity (Wildman–Crippen MR) is 63.0 cm³/mol. The molecule has 0 saturated heterocycles. The molecule has 1 unspecified atom stereocenters. The number of aryl methyl sites for hydroxylation is 1. The second-order valence-corrected chi connectivity index (χ2v) is 3.65. The summed E-state index contributed by atoms with van der Waals surface area (Å²) < 4.78 is 5.35. The van der Waals surface area contributed by atoms with E-state index >= 15 is 0 Å². The summed E-state index contributed by atoms with van der Waals surface area (Å²) in [7, 11) is 1.67. The van der Waals surface area contributed by atoms with Gasteiger partial charge in [0.2, 0.25) is 0 Å². The van der Waals surface area contributed by atoms with E-state index in [2.05, 4.69) is 18.8 Å². The van der Waals surface area contributed by atoms with E-state index in [9.17, 15) is 0 Å². The maximum Gasteiger partial charge on any atom is 0.137 e. The molecule has 0 aliphatic rings. The number of hydrogen-bond acceptors (Lipinski definition) is 2. The normalized spacial score (nSPS) is 11.5. The van der Waals surface area contributed by atoms with Gasteiger partial charge in [0, 0.05) is 0 Å². The molecule has 0 heterocycles. The molecule has 2 heteroatoms. The number of benzene rings is 1. The smallest absolute Gasteiger partial charge is 0.137 e. The van der Waals surface area contributed by atoms with Crippen LogP contribution in [0.15, 0.2) is 12.1 Å². The van der Waals surface area contributed by atoms with Crippen LogP contribution in [0.25, 0.3) is 0 Å². The van der Waals surface area contributed by atoms with Crippen molar-refractivity contribution in [1.82, 2.24) is 0 Å². The minimum atomic E-state index is -0.115. The van der Waals surface area contributed by atoms with Gasteiger partial charge < -0.3 is 10.5 Å². The molecule has 1 aromatic rings. The lowest BCUT2D eigenvalue weighted by atomic mass is 10.0. The van der Waals surface area contributed by atoms with Gasteiger partial charge in [0.15, 0.2) is 0 Å². The summed E-state index contributed by atoms with van der Waals surface area (Å²) in [6, 6.07) is 3.90. The van der Waals surface area contributed by atoms with Gasteiger partial charge in [0.1, 0.15) is 5.75 Å². The van der Waals surface area contributed by atoms with Crippen molar-refractivity contribution in [3.8, 4) is 17.6 Å². The number of ether oxygens (including phenoxy) is 1. The molecule has 0 amide bonds. The molecule has 80 valence electrons. The summed E-state index contributed by atoms with van der Waals surface area (Å²) >= 11 is 0. The van der Waals surface area contributed by atoms with Gasteiger partial charge in [-0.05, 0) is 38.0 Å². The van der Waals surface area contributed by atoms with E-state index in [1.165, 1.54) is 5.56 Å². The lowest BCUT2D eigenvalue weighted by Crippen LogP contribution is -2.11. The summed E-state index contributed by atoms with van der Waals surface area (Å²) in [6.07, 6.45) is 0. The van der Waals surface area contributed by atoms with Gasteiger partial charge in [-0.15, -0.1) is 0 Å². The topological polar surface area (TPSA) is 35.2 Å². The van der Waals surface area contributed by atoms with Crippen molar-refractivity contribution < 1.29 is 4.74 Å². The Labute approximate surface area is 91.4 Å². The molecular weight excluding hydrogens is 186 g/mol. The van der Waals surface area contributed by atoms with E-state index in [0.717, 1.165) is 16.9 Å². The minimum Gasteiger partial charge on any atom is -0.495 e. The second kappa shape index (κ2) is 4.86. The van der Waals surface area contributed by atoms with Crippen LogP contribution in [0.4, 0.5) is 0 Å². The summed E-state index contributed by atoms with van der Waals surface area (Å²) in [5, 5.41) is 0. The summed E-state index contributed by atoms with van der Waals surface area (Å²) in [6.45, 7) is 5.95. The quantitative estimate of drug-likeness (QED) is 0.709. The Bertz CT molecular complexity index is 411. The Morgan fingerprint density at radius 2 is 2.00 bits per heavy atom. The molecule has 0 aromatic heterocycles. The summed E-state index contributed by atoms with van der Waals surface area (Å²) in [5.74, 6) is 6.81. The van der Waals surface area contributed by atoms with Crippen molar-refractivity contribution in [2.75, 3.05) is 7.11 Å². The Hall–Kier alpha value is -1.46. The van der Waals surface area contributed by atoms with Crippen molar-refractivity contribution in [1.29, 1.82) is 0 Å². The standard InChI is InChI=1S/C13H17NO/c1-9-5-7-12(8-6-10(2)14)13(15-4)11(9)3/h5,7,10H,14H2,1-4H3. The van der Waals surface area contributed by atoms with Crippen molar-refractivity contribution in [3.05, 3.63) is 28.8 Å². The van der Waals surface area contributed by atoms with Crippen molar-refractivity contribution in [2.24, 2.45) is 5.73 Å². The summed E-state index contributed by atoms with van der Waals surface area (Å²) in [4.78, 5) is 0. The van der Waals surface area contributed by atoms with Crippen LogP contribution in [-0.4, -0.2) is 13.2 Å². The largest absolute Gasteiger partial charge is 0.495 e. The highest BCUT2D eigenvalue weighted by atomic mass is 16.5. The predicted octanol–water partition coefficient (Wildman–Crippen LogP) is 2.01. The van der Waals surface area contributed by atoms with E-state index < -0.39 is 0 Å². The Kier molecular flexibility index (Phi) is 3.76. The van der Waals surface area contributed by atoms with Crippen LogP contribution < -0.4 is 10.5 Å². The van der Waals surface area contributed by atoms with Crippen LogP contribution >= 0.6 is 0 Å². The fourth-order valence-corrected chi connectivity index (χ4v) is 1.34. The highest BCUT2D eigenvalue weighted by molar-refractivity contribution is 5.53. The van der Waals surface area contributed by atoms with E-state index in [-0.39, 0.29) is 6.04 Å². The molecule has 0 aliphatic carbocycles. The first-order valence-electron chi connectivity index (χ1n) is 4.97. The second-order valence-electron chi connectivity index (χ2n) is 3.65. The highest BCUT2D eigenvalue weighted by Crippen LogP contribution is 2.25. The van der Waals surface area contributed by atoms with Gasteiger partial charge in [0.25, 0.3) is 0 Å². The molecule has 0 saturated carbocycles. The van der Waals surface area contributed by atoms with Gasteiger partial charge >= 0.3 is 0 Å². The number of hydrogen-bond donors (Lipinski definition) is 1.